The number of aryl methyl sites for hydroxylation is 1. The monoisotopic (exact) mass is 382 g/mol. The Morgan fingerprint density at radius 3 is 2.64 bits per heavy atom. The van der Waals surface area contributed by atoms with Crippen molar-refractivity contribution < 1.29 is 9.47 Å². The third kappa shape index (κ3) is 3.38. The van der Waals surface area contributed by atoms with Gasteiger partial charge >= 0.3 is 0 Å². The predicted octanol–water partition coefficient (Wildman–Crippen LogP) is 2.59. The van der Waals surface area contributed by atoms with E-state index in [0.717, 1.165) is 60.9 Å². The van der Waals surface area contributed by atoms with Crippen LogP contribution in [0, 0.1) is 0 Å². The lowest BCUT2D eigenvalue weighted by atomic mass is 10.1. The van der Waals surface area contributed by atoms with Crippen molar-refractivity contribution in [3.8, 4) is 11.5 Å². The molecule has 0 radical (unpaired) electrons. The van der Waals surface area contributed by atoms with Crippen LogP contribution in [-0.4, -0.2) is 46.8 Å². The number of rotatable bonds is 6. The molecule has 7 nitrogen and oxygen atoms in total. The minimum absolute atomic E-state index is 0.0540. The van der Waals surface area contributed by atoms with Crippen molar-refractivity contribution in [1.82, 2.24) is 19.5 Å². The van der Waals surface area contributed by atoms with E-state index in [-0.39, 0.29) is 5.56 Å². The number of aromatic amines is 1. The van der Waals surface area contributed by atoms with Gasteiger partial charge < -0.3 is 9.47 Å². The zero-order chi connectivity index (χ0) is 19.7. The molecule has 1 aliphatic rings. The fraction of sp³-hybridized carbons (Fsp3) is 0.429. The summed E-state index contributed by atoms with van der Waals surface area (Å²) in [5.74, 6) is 2.03. The number of methoxy groups -OCH3 is 2. The molecule has 1 fully saturated rings. The first-order valence-corrected chi connectivity index (χ1v) is 9.66. The molecule has 7 heteroatoms. The number of hydrogen-bond donors (Lipinski definition) is 1. The second-order valence-electron chi connectivity index (χ2n) is 7.21. The molecule has 3 heterocycles. The molecule has 1 N–H and O–H groups in total. The predicted molar refractivity (Wildman–Crippen MR) is 107 cm³/mol. The average molecular weight is 382 g/mol. The van der Waals surface area contributed by atoms with E-state index in [4.69, 9.17) is 9.47 Å². The van der Waals surface area contributed by atoms with E-state index >= 15 is 0 Å². The van der Waals surface area contributed by atoms with Crippen LogP contribution in [-0.2, 0) is 13.0 Å². The van der Waals surface area contributed by atoms with Gasteiger partial charge in [-0.25, -0.2) is 9.50 Å². The van der Waals surface area contributed by atoms with Crippen molar-refractivity contribution in [2.24, 2.45) is 0 Å². The maximum absolute atomic E-state index is 12.3. The Morgan fingerprint density at radius 2 is 1.96 bits per heavy atom. The van der Waals surface area contributed by atoms with Gasteiger partial charge in [0.25, 0.3) is 5.56 Å². The summed E-state index contributed by atoms with van der Waals surface area (Å²) in [6.07, 6.45) is 1.78. The van der Waals surface area contributed by atoms with Crippen LogP contribution < -0.4 is 15.0 Å². The second kappa shape index (κ2) is 7.67. The summed E-state index contributed by atoms with van der Waals surface area (Å²) in [5, 5.41) is 3.25. The number of likely N-dealkylation sites (tertiary alicyclic amines) is 1. The molecule has 28 heavy (non-hydrogen) atoms. The molecular formula is C21H26N4O3. The first-order chi connectivity index (χ1) is 13.6. The number of ether oxygens (including phenoxy) is 2. The fourth-order valence-electron chi connectivity index (χ4n) is 3.99. The Labute approximate surface area is 163 Å². The van der Waals surface area contributed by atoms with E-state index in [0.29, 0.717) is 11.6 Å². The molecule has 148 valence electrons. The number of nitrogens with one attached hydrogen (secondary N) is 1. The minimum Gasteiger partial charge on any atom is -0.496 e. The SMILES string of the molecule is CCc1cc(=O)n2[nH]c(C3CCN(Cc4c(OC)cccc4OC)C3)cc2n1. The summed E-state index contributed by atoms with van der Waals surface area (Å²) in [6, 6.07) is 9.48. The van der Waals surface area contributed by atoms with Gasteiger partial charge in [-0.05, 0) is 31.5 Å². The number of benzene rings is 1. The summed E-state index contributed by atoms with van der Waals surface area (Å²) < 4.78 is 12.6. The third-order valence-electron chi connectivity index (χ3n) is 5.51. The summed E-state index contributed by atoms with van der Waals surface area (Å²) in [4.78, 5) is 19.2. The number of hydrogen-bond acceptors (Lipinski definition) is 5. The standard InChI is InChI=1S/C21H26N4O3/c1-4-15-10-21(26)25-20(22-15)11-17(23-25)14-8-9-24(12-14)13-16-18(27-2)6-5-7-19(16)28-3/h5-7,10-11,14,23H,4,8-9,12-13H2,1-3H3. The smallest absolute Gasteiger partial charge is 0.272 e. The molecule has 0 bridgehead atoms. The summed E-state index contributed by atoms with van der Waals surface area (Å²) >= 11 is 0. The minimum atomic E-state index is -0.0540. The van der Waals surface area contributed by atoms with Crippen LogP contribution in [0.2, 0.25) is 0 Å². The Bertz CT molecular complexity index is 1020. The molecule has 0 amide bonds. The molecule has 1 saturated heterocycles. The lowest BCUT2D eigenvalue weighted by Crippen LogP contribution is -2.21. The molecular weight excluding hydrogens is 356 g/mol. The fourth-order valence-corrected chi connectivity index (χ4v) is 3.99. The maximum atomic E-state index is 12.3. The van der Waals surface area contributed by atoms with E-state index in [1.54, 1.807) is 24.8 Å². The molecule has 1 aromatic carbocycles. The number of fused-ring (bicyclic) bond motifs is 1. The number of aromatic nitrogens is 3. The van der Waals surface area contributed by atoms with E-state index in [9.17, 15) is 4.79 Å². The molecule has 4 rings (SSSR count). The van der Waals surface area contributed by atoms with Crippen molar-refractivity contribution in [2.45, 2.75) is 32.2 Å². The normalized spacial score (nSPS) is 17.3. The molecule has 1 atom stereocenters. The van der Waals surface area contributed by atoms with Crippen LogP contribution in [0.25, 0.3) is 5.65 Å². The Morgan fingerprint density at radius 1 is 1.21 bits per heavy atom. The van der Waals surface area contributed by atoms with Gasteiger partial charge in [0.05, 0.1) is 19.8 Å². The van der Waals surface area contributed by atoms with Crippen LogP contribution in [0.15, 0.2) is 35.1 Å². The highest BCUT2D eigenvalue weighted by molar-refractivity contribution is 5.45. The van der Waals surface area contributed by atoms with Gasteiger partial charge in [0.15, 0.2) is 5.65 Å². The topological polar surface area (TPSA) is 71.9 Å². The average Bonchev–Trinajstić information content (AvgIpc) is 3.35. The lowest BCUT2D eigenvalue weighted by molar-refractivity contribution is 0.305. The molecule has 1 unspecified atom stereocenters. The van der Waals surface area contributed by atoms with E-state index in [2.05, 4.69) is 15.0 Å². The van der Waals surface area contributed by atoms with E-state index < -0.39 is 0 Å². The van der Waals surface area contributed by atoms with Gasteiger partial charge in [-0.3, -0.25) is 14.8 Å². The maximum Gasteiger partial charge on any atom is 0.272 e. The van der Waals surface area contributed by atoms with Crippen molar-refractivity contribution in [2.75, 3.05) is 27.3 Å². The summed E-state index contributed by atoms with van der Waals surface area (Å²) in [7, 11) is 3.37. The van der Waals surface area contributed by atoms with Gasteiger partial charge in [-0.2, -0.15) is 0 Å². The van der Waals surface area contributed by atoms with E-state index in [1.807, 2.05) is 31.2 Å². The van der Waals surface area contributed by atoms with Gasteiger partial charge in [-0.15, -0.1) is 0 Å². The van der Waals surface area contributed by atoms with Crippen molar-refractivity contribution >= 4 is 5.65 Å². The lowest BCUT2D eigenvalue weighted by Gasteiger charge is -2.19. The highest BCUT2D eigenvalue weighted by atomic mass is 16.5. The number of nitrogens with zero attached hydrogens (tertiary/aromatic N) is 3. The quantitative estimate of drug-likeness (QED) is 0.710. The first kappa shape index (κ1) is 18.6. The summed E-state index contributed by atoms with van der Waals surface area (Å²) in [6.45, 7) is 4.65. The van der Waals surface area contributed by atoms with Gasteiger partial charge in [-0.1, -0.05) is 13.0 Å². The van der Waals surface area contributed by atoms with Gasteiger partial charge in [0.1, 0.15) is 11.5 Å². The summed E-state index contributed by atoms with van der Waals surface area (Å²) in [5.41, 5.74) is 3.60. The Balaban J connectivity index is 1.54. The third-order valence-corrected chi connectivity index (χ3v) is 5.51. The molecule has 2 aromatic heterocycles. The molecule has 0 spiro atoms. The first-order valence-electron chi connectivity index (χ1n) is 9.66. The van der Waals surface area contributed by atoms with Crippen LogP contribution in [0.1, 0.15) is 36.2 Å². The van der Waals surface area contributed by atoms with Gasteiger partial charge in [0, 0.05) is 42.5 Å². The van der Waals surface area contributed by atoms with Gasteiger partial charge in [0.2, 0.25) is 0 Å². The molecule has 3 aromatic rings. The highest BCUT2D eigenvalue weighted by Gasteiger charge is 2.27. The highest BCUT2D eigenvalue weighted by Crippen LogP contribution is 2.33. The number of H-pyrrole nitrogens is 1. The Kier molecular flexibility index (Phi) is 5.09. The van der Waals surface area contributed by atoms with Crippen LogP contribution in [0.3, 0.4) is 0 Å². The van der Waals surface area contributed by atoms with Crippen molar-refractivity contribution in [3.05, 3.63) is 57.6 Å². The van der Waals surface area contributed by atoms with Crippen LogP contribution in [0.5, 0.6) is 11.5 Å². The van der Waals surface area contributed by atoms with Crippen molar-refractivity contribution in [3.63, 3.8) is 0 Å². The largest absolute Gasteiger partial charge is 0.496 e. The van der Waals surface area contributed by atoms with Crippen LogP contribution in [0.4, 0.5) is 0 Å². The Hall–Kier alpha value is -2.80. The molecule has 0 aliphatic carbocycles. The molecule has 1 aliphatic heterocycles. The van der Waals surface area contributed by atoms with E-state index in [1.165, 1.54) is 0 Å². The zero-order valence-electron chi connectivity index (χ0n) is 16.6. The van der Waals surface area contributed by atoms with Crippen LogP contribution >= 0.6 is 0 Å². The zero-order valence-corrected chi connectivity index (χ0v) is 16.6. The molecule has 0 saturated carbocycles. The van der Waals surface area contributed by atoms with Crippen molar-refractivity contribution in [1.29, 1.82) is 0 Å². The second-order valence-corrected chi connectivity index (χ2v) is 7.21.